The molecule has 0 fully saturated rings. The Labute approximate surface area is 224 Å². The van der Waals surface area contributed by atoms with Crippen LogP contribution in [0.25, 0.3) is 0 Å². The van der Waals surface area contributed by atoms with Gasteiger partial charge in [0.05, 0.1) is 39.9 Å². The van der Waals surface area contributed by atoms with E-state index in [0.717, 1.165) is 0 Å². The standard InChI is InChI=1S/C11H10Cl2O3.C8H6Cl2O.C5H10O3/c1-2-16-11(15)6-10(14)7-3-4-8(12)9(13)5-7;1-5(11)6-2-3-7(9)8(10)4-6;1-3-7-5(6)8-4-2/h3-5H,2,6H2,1H3;2-4H,1H3;3-4H2,1-2H3. The van der Waals surface area contributed by atoms with Gasteiger partial charge in [-0.3, -0.25) is 14.4 Å². The number of Topliss-reactive ketones (excluding diaryl/α,β-unsaturated/α-hetero) is 2. The summed E-state index contributed by atoms with van der Waals surface area (Å²) in [4.78, 5) is 43.7. The number of ketones is 2. The van der Waals surface area contributed by atoms with Crippen molar-refractivity contribution < 1.29 is 33.4 Å². The molecule has 11 heteroatoms. The Morgan fingerprint density at radius 3 is 1.49 bits per heavy atom. The van der Waals surface area contributed by atoms with E-state index in [1.54, 1.807) is 39.0 Å². The van der Waals surface area contributed by atoms with E-state index in [0.29, 0.717) is 39.4 Å². The number of ether oxygens (including phenoxy) is 3. The Hall–Kier alpha value is -2.32. The number of hydrogen-bond donors (Lipinski definition) is 0. The van der Waals surface area contributed by atoms with Gasteiger partial charge in [0, 0.05) is 11.1 Å². The summed E-state index contributed by atoms with van der Waals surface area (Å²) in [5.41, 5.74) is 0.932. The summed E-state index contributed by atoms with van der Waals surface area (Å²) in [5, 5.41) is 1.54. The van der Waals surface area contributed by atoms with Crippen molar-refractivity contribution in [3.63, 3.8) is 0 Å². The van der Waals surface area contributed by atoms with E-state index in [-0.39, 0.29) is 29.6 Å². The first-order valence-electron chi connectivity index (χ1n) is 10.4. The fraction of sp³-hybridized carbons (Fsp3) is 0.333. The smallest absolute Gasteiger partial charge is 0.466 e. The minimum Gasteiger partial charge on any atom is -0.466 e. The second kappa shape index (κ2) is 18.0. The maximum absolute atomic E-state index is 11.6. The number of carbonyl (C=O) groups excluding carboxylic acids is 4. The number of carbonyl (C=O) groups is 4. The summed E-state index contributed by atoms with van der Waals surface area (Å²) in [7, 11) is 0. The summed E-state index contributed by atoms with van der Waals surface area (Å²) in [5.74, 6) is -0.890. The molecule has 0 heterocycles. The van der Waals surface area contributed by atoms with Gasteiger partial charge in [0.1, 0.15) is 6.42 Å². The predicted molar refractivity (Wildman–Crippen MR) is 137 cm³/mol. The molecule has 35 heavy (non-hydrogen) atoms. The van der Waals surface area contributed by atoms with Gasteiger partial charge in [0.25, 0.3) is 0 Å². The quantitative estimate of drug-likeness (QED) is 0.194. The molecule has 0 aliphatic carbocycles. The number of benzene rings is 2. The van der Waals surface area contributed by atoms with Gasteiger partial charge in [0.2, 0.25) is 0 Å². The van der Waals surface area contributed by atoms with Gasteiger partial charge in [-0.15, -0.1) is 0 Å². The van der Waals surface area contributed by atoms with E-state index in [2.05, 4.69) is 14.2 Å². The van der Waals surface area contributed by atoms with Crippen LogP contribution in [0.4, 0.5) is 4.79 Å². The molecule has 0 aliphatic rings. The Bertz CT molecular complexity index is 1000. The Kier molecular flexibility index (Phi) is 16.8. The summed E-state index contributed by atoms with van der Waals surface area (Å²) >= 11 is 22.8. The molecule has 0 saturated heterocycles. The predicted octanol–water partition coefficient (Wildman–Crippen LogP) is 7.50. The zero-order chi connectivity index (χ0) is 27.0. The number of halogens is 4. The Balaban J connectivity index is 0.000000530. The van der Waals surface area contributed by atoms with Crippen molar-refractivity contribution in [2.75, 3.05) is 19.8 Å². The van der Waals surface area contributed by atoms with Crippen molar-refractivity contribution in [2.24, 2.45) is 0 Å². The fourth-order valence-electron chi connectivity index (χ4n) is 2.11. The first kappa shape index (κ1) is 32.7. The van der Waals surface area contributed by atoms with Crippen LogP contribution in [0.15, 0.2) is 36.4 Å². The van der Waals surface area contributed by atoms with Crippen molar-refractivity contribution in [3.8, 4) is 0 Å². The summed E-state index contributed by atoms with van der Waals surface area (Å²) in [6.07, 6.45) is -0.874. The van der Waals surface area contributed by atoms with Crippen LogP contribution in [0.1, 0.15) is 54.8 Å². The number of esters is 1. The first-order chi connectivity index (χ1) is 16.5. The summed E-state index contributed by atoms with van der Waals surface area (Å²) < 4.78 is 13.5. The topological polar surface area (TPSA) is 96.0 Å². The van der Waals surface area contributed by atoms with Crippen molar-refractivity contribution in [1.29, 1.82) is 0 Å². The van der Waals surface area contributed by atoms with Crippen molar-refractivity contribution in [1.82, 2.24) is 0 Å². The molecule has 0 aromatic heterocycles. The highest BCUT2D eigenvalue weighted by Gasteiger charge is 2.13. The van der Waals surface area contributed by atoms with E-state index in [9.17, 15) is 19.2 Å². The van der Waals surface area contributed by atoms with E-state index in [1.165, 1.54) is 25.1 Å². The molecule has 2 aromatic rings. The molecule has 2 aromatic carbocycles. The van der Waals surface area contributed by atoms with Gasteiger partial charge in [-0.05, 0) is 64.1 Å². The number of rotatable bonds is 7. The molecule has 0 saturated carbocycles. The van der Waals surface area contributed by atoms with Gasteiger partial charge < -0.3 is 14.2 Å². The molecule has 0 radical (unpaired) electrons. The summed E-state index contributed by atoms with van der Waals surface area (Å²) in [6, 6.07) is 9.30. The lowest BCUT2D eigenvalue weighted by Crippen LogP contribution is -2.11. The van der Waals surface area contributed by atoms with Crippen LogP contribution in [-0.4, -0.2) is 43.5 Å². The molecule has 0 aliphatic heterocycles. The second-order valence-electron chi connectivity index (χ2n) is 6.33. The molecule has 7 nitrogen and oxygen atoms in total. The van der Waals surface area contributed by atoms with Gasteiger partial charge >= 0.3 is 12.1 Å². The average molecular weight is 568 g/mol. The highest BCUT2D eigenvalue weighted by Crippen LogP contribution is 2.23. The van der Waals surface area contributed by atoms with Gasteiger partial charge in [0.15, 0.2) is 11.6 Å². The molecule has 0 atom stereocenters. The molecule has 0 amide bonds. The van der Waals surface area contributed by atoms with Crippen LogP contribution in [0.3, 0.4) is 0 Å². The van der Waals surface area contributed by atoms with Crippen molar-refractivity contribution in [2.45, 2.75) is 34.1 Å². The molecular formula is C24H26Cl4O7. The fourth-order valence-corrected chi connectivity index (χ4v) is 2.70. The van der Waals surface area contributed by atoms with Gasteiger partial charge in [-0.1, -0.05) is 46.4 Å². The molecule has 192 valence electrons. The van der Waals surface area contributed by atoms with E-state index < -0.39 is 12.1 Å². The summed E-state index contributed by atoms with van der Waals surface area (Å²) in [6.45, 7) is 7.64. The molecule has 0 N–H and O–H groups in total. The van der Waals surface area contributed by atoms with Gasteiger partial charge in [-0.2, -0.15) is 0 Å². The van der Waals surface area contributed by atoms with Crippen molar-refractivity contribution in [3.05, 3.63) is 67.6 Å². The highest BCUT2D eigenvalue weighted by atomic mass is 35.5. The lowest BCUT2D eigenvalue weighted by atomic mass is 10.1. The maximum Gasteiger partial charge on any atom is 0.508 e. The SMILES string of the molecule is CC(=O)c1ccc(Cl)c(Cl)c1.CCOC(=O)CC(=O)c1ccc(Cl)c(Cl)c1.CCOC(=O)OCC. The zero-order valence-corrected chi connectivity index (χ0v) is 22.7. The van der Waals surface area contributed by atoms with E-state index in [4.69, 9.17) is 46.4 Å². The minimum atomic E-state index is -0.588. The monoisotopic (exact) mass is 566 g/mol. The first-order valence-corrected chi connectivity index (χ1v) is 11.9. The maximum atomic E-state index is 11.6. The molecule has 0 unspecified atom stereocenters. The average Bonchev–Trinajstić information content (AvgIpc) is 2.78. The van der Waals surface area contributed by atoms with Crippen LogP contribution in [0.5, 0.6) is 0 Å². The highest BCUT2D eigenvalue weighted by molar-refractivity contribution is 6.42. The van der Waals surface area contributed by atoms with E-state index in [1.807, 2.05) is 0 Å². The van der Waals surface area contributed by atoms with Crippen LogP contribution < -0.4 is 0 Å². The van der Waals surface area contributed by atoms with Crippen molar-refractivity contribution >= 4 is 70.1 Å². The third-order valence-corrected chi connectivity index (χ3v) is 5.18. The molecule has 0 bridgehead atoms. The van der Waals surface area contributed by atoms with Crippen LogP contribution in [0.2, 0.25) is 20.1 Å². The minimum absolute atomic E-state index is 0.0106. The van der Waals surface area contributed by atoms with Crippen LogP contribution >= 0.6 is 46.4 Å². The molecule has 0 spiro atoms. The largest absolute Gasteiger partial charge is 0.508 e. The normalized spacial score (nSPS) is 9.49. The van der Waals surface area contributed by atoms with Crippen LogP contribution in [-0.2, 0) is 19.0 Å². The zero-order valence-electron chi connectivity index (χ0n) is 19.7. The number of hydrogen-bond acceptors (Lipinski definition) is 7. The Morgan fingerprint density at radius 1 is 0.657 bits per heavy atom. The lowest BCUT2D eigenvalue weighted by molar-refractivity contribution is -0.141. The third kappa shape index (κ3) is 14.0. The van der Waals surface area contributed by atoms with Gasteiger partial charge in [-0.25, -0.2) is 4.79 Å². The molecule has 2 rings (SSSR count). The Morgan fingerprint density at radius 2 is 1.09 bits per heavy atom. The molecular weight excluding hydrogens is 542 g/mol. The second-order valence-corrected chi connectivity index (χ2v) is 7.96. The van der Waals surface area contributed by atoms with Crippen LogP contribution in [0, 0.1) is 0 Å². The third-order valence-electron chi connectivity index (χ3n) is 3.70. The van der Waals surface area contributed by atoms with E-state index >= 15 is 0 Å². The lowest BCUT2D eigenvalue weighted by Gasteiger charge is -2.02.